The zero-order valence-corrected chi connectivity index (χ0v) is 24.0. The molecule has 1 aliphatic heterocycles. The number of ether oxygens (including phenoxy) is 2. The predicted molar refractivity (Wildman–Crippen MR) is 155 cm³/mol. The smallest absolute Gasteiger partial charge is 0.312 e. The summed E-state index contributed by atoms with van der Waals surface area (Å²) in [7, 11) is 3.42. The number of fused-ring (bicyclic) bond motifs is 1. The second-order valence-electron chi connectivity index (χ2n) is 10.2. The number of carbonyl (C=O) groups excluding carboxylic acids is 1. The Morgan fingerprint density at radius 1 is 1.15 bits per heavy atom. The Bertz CT molecular complexity index is 1590. The number of hydrogen-bond acceptors (Lipinski definition) is 7. The molecular formula is C30H32ClN5O4. The molecular weight excluding hydrogens is 530 g/mol. The third-order valence-corrected chi connectivity index (χ3v) is 6.82. The average Bonchev–Trinajstić information content (AvgIpc) is 3.36. The van der Waals surface area contributed by atoms with Crippen molar-refractivity contribution < 1.29 is 18.7 Å². The summed E-state index contributed by atoms with van der Waals surface area (Å²) in [5, 5.41) is 0. The van der Waals surface area contributed by atoms with Crippen LogP contribution in [0.3, 0.4) is 0 Å². The van der Waals surface area contributed by atoms with E-state index >= 15 is 0 Å². The molecule has 1 saturated heterocycles. The van der Waals surface area contributed by atoms with E-state index in [-0.39, 0.29) is 36.2 Å². The summed E-state index contributed by atoms with van der Waals surface area (Å²) in [5.74, 6) is 1.26. The Balaban J connectivity index is 0.00000370. The van der Waals surface area contributed by atoms with Gasteiger partial charge in [0.15, 0.2) is 17.0 Å². The van der Waals surface area contributed by atoms with E-state index in [4.69, 9.17) is 25.4 Å². The number of amides is 1. The molecule has 0 atom stereocenters. The number of nitrogens with zero attached hydrogens (tertiary/aromatic N) is 5. The van der Waals surface area contributed by atoms with Crippen LogP contribution >= 0.6 is 12.4 Å². The highest BCUT2D eigenvalue weighted by atomic mass is 35.5. The van der Waals surface area contributed by atoms with Gasteiger partial charge in [-0.15, -0.1) is 17.4 Å². The predicted octanol–water partition coefficient (Wildman–Crippen LogP) is 6.62. The first kappa shape index (κ1) is 29.0. The summed E-state index contributed by atoms with van der Waals surface area (Å²) in [6.07, 6.45) is 4.98. The SMILES string of the molecule is Cl.[C-]#[N+]c1nc(-c2c(C(C)C)cnc3cc(-c4ncc(C(=O)N(C)C)cc4C)oc23)ccc1OC1CCOCC1. The highest BCUT2D eigenvalue weighted by molar-refractivity contribution is 5.95. The Morgan fingerprint density at radius 3 is 2.55 bits per heavy atom. The number of hydrogen-bond donors (Lipinski definition) is 0. The number of carbonyl (C=O) groups is 1. The summed E-state index contributed by atoms with van der Waals surface area (Å²) < 4.78 is 17.9. The van der Waals surface area contributed by atoms with Crippen molar-refractivity contribution in [3.8, 4) is 28.5 Å². The van der Waals surface area contributed by atoms with Crippen molar-refractivity contribution in [1.82, 2.24) is 19.9 Å². The van der Waals surface area contributed by atoms with Crippen molar-refractivity contribution in [3.63, 3.8) is 0 Å². The van der Waals surface area contributed by atoms with Crippen LogP contribution in [0.2, 0.25) is 0 Å². The Hall–Kier alpha value is -4.00. The van der Waals surface area contributed by atoms with Crippen molar-refractivity contribution in [3.05, 3.63) is 64.8 Å². The van der Waals surface area contributed by atoms with Crippen molar-refractivity contribution in [2.24, 2.45) is 0 Å². The first-order chi connectivity index (χ1) is 18.8. The molecule has 208 valence electrons. The van der Waals surface area contributed by atoms with Gasteiger partial charge in [0.1, 0.15) is 23.1 Å². The molecule has 0 bridgehead atoms. The summed E-state index contributed by atoms with van der Waals surface area (Å²) in [5.41, 5.74) is 5.57. The summed E-state index contributed by atoms with van der Waals surface area (Å²) in [4.78, 5) is 31.5. The van der Waals surface area contributed by atoms with Gasteiger partial charge in [0, 0.05) is 45.4 Å². The molecule has 5 heterocycles. The van der Waals surface area contributed by atoms with Gasteiger partial charge in [0.25, 0.3) is 5.91 Å². The van der Waals surface area contributed by atoms with Gasteiger partial charge >= 0.3 is 5.82 Å². The Morgan fingerprint density at radius 2 is 1.90 bits per heavy atom. The lowest BCUT2D eigenvalue weighted by Crippen LogP contribution is -2.25. The quantitative estimate of drug-likeness (QED) is 0.244. The van der Waals surface area contributed by atoms with Crippen LogP contribution < -0.4 is 4.74 Å². The molecule has 0 aliphatic carbocycles. The fourth-order valence-corrected chi connectivity index (χ4v) is 4.74. The number of furan rings is 1. The van der Waals surface area contributed by atoms with Gasteiger partial charge in [-0.3, -0.25) is 14.8 Å². The molecule has 1 amide bonds. The normalized spacial score (nSPS) is 13.6. The van der Waals surface area contributed by atoms with Crippen molar-refractivity contribution in [2.75, 3.05) is 27.3 Å². The van der Waals surface area contributed by atoms with E-state index in [1.165, 1.54) is 4.90 Å². The lowest BCUT2D eigenvalue weighted by molar-refractivity contribution is 0.0258. The van der Waals surface area contributed by atoms with Crippen molar-refractivity contribution >= 4 is 35.2 Å². The maximum Gasteiger partial charge on any atom is 0.312 e. The number of aromatic nitrogens is 3. The van der Waals surface area contributed by atoms with Gasteiger partial charge in [0.05, 0.1) is 24.3 Å². The molecule has 0 radical (unpaired) electrons. The largest absolute Gasteiger partial charge is 0.499 e. The number of aryl methyl sites for hydroxylation is 1. The van der Waals surface area contributed by atoms with E-state index in [9.17, 15) is 4.79 Å². The van der Waals surface area contributed by atoms with Gasteiger partial charge in [-0.25, -0.2) is 0 Å². The minimum absolute atomic E-state index is 0. The topological polar surface area (TPSA) is 94.9 Å². The van der Waals surface area contributed by atoms with Crippen molar-refractivity contribution in [1.29, 1.82) is 0 Å². The van der Waals surface area contributed by atoms with Gasteiger partial charge in [0.2, 0.25) is 0 Å². The lowest BCUT2D eigenvalue weighted by Gasteiger charge is -2.23. The first-order valence-electron chi connectivity index (χ1n) is 13.0. The monoisotopic (exact) mass is 561 g/mol. The molecule has 0 spiro atoms. The second kappa shape index (κ2) is 12.0. The molecule has 0 N–H and O–H groups in total. The standard InChI is InChI=1S/C30H31N5O4.ClH/c1-17(2)21-16-32-23-14-25(27-18(3)13-19(15-33-27)30(36)35(5)6)39-28(23)26(21)22-7-8-24(29(31-4)34-22)38-20-9-11-37-12-10-20;/h7-8,13-17,20H,9-12H2,1-3,5-6H3;1H. The molecule has 5 rings (SSSR count). The maximum absolute atomic E-state index is 12.4. The van der Waals surface area contributed by atoms with Crippen LogP contribution in [0.25, 0.3) is 38.7 Å². The van der Waals surface area contributed by atoms with Crippen LogP contribution in [-0.2, 0) is 4.74 Å². The van der Waals surface area contributed by atoms with Crippen LogP contribution in [0, 0.1) is 13.5 Å². The highest BCUT2D eigenvalue weighted by Gasteiger charge is 2.25. The van der Waals surface area contributed by atoms with Crippen LogP contribution in [-0.4, -0.2) is 59.2 Å². The molecule has 10 heteroatoms. The molecule has 40 heavy (non-hydrogen) atoms. The van der Waals surface area contributed by atoms with Crippen molar-refractivity contribution in [2.45, 2.75) is 45.6 Å². The first-order valence-corrected chi connectivity index (χ1v) is 13.0. The third kappa shape index (κ3) is 5.64. The fourth-order valence-electron chi connectivity index (χ4n) is 4.74. The van der Waals surface area contributed by atoms with Gasteiger partial charge in [-0.05, 0) is 42.2 Å². The molecule has 1 aliphatic rings. The minimum Gasteiger partial charge on any atom is -0.499 e. The lowest BCUT2D eigenvalue weighted by atomic mass is 9.96. The number of rotatable bonds is 6. The number of pyridine rings is 3. The van der Waals surface area contributed by atoms with E-state index in [1.807, 2.05) is 37.4 Å². The van der Waals surface area contributed by atoms with E-state index in [0.717, 1.165) is 29.5 Å². The number of halogens is 1. The summed E-state index contributed by atoms with van der Waals surface area (Å²) >= 11 is 0. The highest BCUT2D eigenvalue weighted by Crippen LogP contribution is 2.40. The van der Waals surface area contributed by atoms with Gasteiger partial charge in [-0.1, -0.05) is 20.4 Å². The zero-order valence-electron chi connectivity index (χ0n) is 23.2. The maximum atomic E-state index is 12.4. The van der Waals surface area contributed by atoms with Crippen LogP contribution in [0.5, 0.6) is 5.75 Å². The average molecular weight is 562 g/mol. The van der Waals surface area contributed by atoms with Gasteiger partial charge < -0.3 is 23.6 Å². The Labute approximate surface area is 239 Å². The molecule has 1 fully saturated rings. The van der Waals surface area contributed by atoms with Crippen LogP contribution in [0.1, 0.15) is 54.1 Å². The zero-order chi connectivity index (χ0) is 27.7. The molecule has 0 unspecified atom stereocenters. The van der Waals surface area contributed by atoms with E-state index in [0.29, 0.717) is 52.8 Å². The van der Waals surface area contributed by atoms with E-state index in [1.54, 1.807) is 20.3 Å². The molecule has 4 aromatic heterocycles. The fraction of sp³-hybridized carbons (Fsp3) is 0.367. The molecule has 0 aromatic carbocycles. The van der Waals surface area contributed by atoms with Crippen LogP contribution in [0.4, 0.5) is 5.82 Å². The molecule has 9 nitrogen and oxygen atoms in total. The third-order valence-electron chi connectivity index (χ3n) is 6.82. The molecule has 4 aromatic rings. The summed E-state index contributed by atoms with van der Waals surface area (Å²) in [6.45, 7) is 15.1. The van der Waals surface area contributed by atoms with E-state index in [2.05, 4.69) is 28.7 Å². The van der Waals surface area contributed by atoms with Gasteiger partial charge in [-0.2, -0.15) is 0 Å². The Kier molecular flexibility index (Phi) is 8.72. The van der Waals surface area contributed by atoms with Crippen LogP contribution in [0.15, 0.2) is 41.1 Å². The second-order valence-corrected chi connectivity index (χ2v) is 10.2. The van der Waals surface area contributed by atoms with E-state index < -0.39 is 0 Å². The minimum atomic E-state index is -0.113. The molecule has 0 saturated carbocycles. The summed E-state index contributed by atoms with van der Waals surface area (Å²) in [6, 6.07) is 7.35.